The molecule has 0 amide bonds. The zero-order valence-corrected chi connectivity index (χ0v) is 22.8. The molecule has 1 aromatic heterocycles. The fourth-order valence-corrected chi connectivity index (χ4v) is 4.97. The second kappa shape index (κ2) is 12.1. The average Bonchev–Trinajstić information content (AvgIpc) is 2.86. The van der Waals surface area contributed by atoms with Gasteiger partial charge in [-0.05, 0) is 88.9 Å². The largest absolute Gasteiger partial charge is 0.494 e. The van der Waals surface area contributed by atoms with Crippen molar-refractivity contribution in [3.05, 3.63) is 98.6 Å². The van der Waals surface area contributed by atoms with Crippen LogP contribution in [0.15, 0.2) is 91.8 Å². The number of rotatable bonds is 8. The first-order valence-corrected chi connectivity index (χ1v) is 13.0. The Morgan fingerprint density at radius 1 is 1.03 bits per heavy atom. The molecule has 4 aromatic rings. The summed E-state index contributed by atoms with van der Waals surface area (Å²) in [5.74, 6) is 1.42. The lowest BCUT2D eigenvalue weighted by Crippen LogP contribution is -2.20. The number of hydrazone groups is 1. The van der Waals surface area contributed by atoms with Gasteiger partial charge in [0.2, 0.25) is 0 Å². The predicted octanol–water partition coefficient (Wildman–Crippen LogP) is 7.95. The minimum Gasteiger partial charge on any atom is -0.494 e. The number of nitrogens with one attached hydrogen (secondary N) is 1. The number of benzene rings is 3. The summed E-state index contributed by atoms with van der Waals surface area (Å²) in [6.45, 7) is 4.90. The van der Waals surface area contributed by atoms with E-state index in [1.165, 1.54) is 0 Å². The monoisotopic (exact) mass is 592 g/mol. The third-order valence-electron chi connectivity index (χ3n) is 5.31. The van der Waals surface area contributed by atoms with Gasteiger partial charge >= 0.3 is 0 Å². The molecule has 0 spiro atoms. The number of hydrogen-bond acceptors (Lipinski definition) is 4. The van der Waals surface area contributed by atoms with E-state index in [-0.39, 0.29) is 0 Å². The molecular formula is C28H26Br2N4O. The second-order valence-electron chi connectivity index (χ2n) is 8.04. The van der Waals surface area contributed by atoms with E-state index in [4.69, 9.17) is 14.7 Å². The summed E-state index contributed by atoms with van der Waals surface area (Å²) in [5.41, 5.74) is 7.50. The Labute approximate surface area is 222 Å². The van der Waals surface area contributed by atoms with Gasteiger partial charge in [-0.1, -0.05) is 53.5 Å². The SMILES string of the molecule is CCCCOc1ccc(C=NNC(=Nc2c(C)cc(Br)cc2Br)c2ccc3ccccc3n2)cc1. The van der Waals surface area contributed by atoms with E-state index in [9.17, 15) is 0 Å². The molecule has 3 aromatic carbocycles. The molecule has 0 aliphatic carbocycles. The summed E-state index contributed by atoms with van der Waals surface area (Å²) >= 11 is 7.17. The normalized spacial score (nSPS) is 11.8. The number of aryl methyl sites for hydroxylation is 1. The number of ether oxygens (including phenoxy) is 1. The van der Waals surface area contributed by atoms with Crippen molar-refractivity contribution in [2.45, 2.75) is 26.7 Å². The highest BCUT2D eigenvalue weighted by molar-refractivity contribution is 9.11. The van der Waals surface area contributed by atoms with Crippen LogP contribution in [0.3, 0.4) is 0 Å². The lowest BCUT2D eigenvalue weighted by molar-refractivity contribution is 0.309. The van der Waals surface area contributed by atoms with Crippen molar-refractivity contribution in [3.8, 4) is 5.75 Å². The number of pyridine rings is 1. The highest BCUT2D eigenvalue weighted by atomic mass is 79.9. The number of halogens is 2. The van der Waals surface area contributed by atoms with Crippen LogP contribution in [0.5, 0.6) is 5.75 Å². The van der Waals surface area contributed by atoms with Crippen molar-refractivity contribution in [2.75, 3.05) is 6.61 Å². The van der Waals surface area contributed by atoms with Gasteiger partial charge in [-0.2, -0.15) is 5.10 Å². The molecule has 0 unspecified atom stereocenters. The van der Waals surface area contributed by atoms with Gasteiger partial charge in [-0.25, -0.2) is 9.98 Å². The number of aliphatic imine (C=N–C) groups is 1. The van der Waals surface area contributed by atoms with Crippen LogP contribution in [0.4, 0.5) is 5.69 Å². The molecule has 0 saturated carbocycles. The summed E-state index contributed by atoms with van der Waals surface area (Å²) in [6.07, 6.45) is 3.92. The Morgan fingerprint density at radius 3 is 2.60 bits per heavy atom. The number of fused-ring (bicyclic) bond motifs is 1. The van der Waals surface area contributed by atoms with E-state index < -0.39 is 0 Å². The average molecular weight is 594 g/mol. The van der Waals surface area contributed by atoms with E-state index in [1.807, 2.05) is 79.7 Å². The van der Waals surface area contributed by atoms with Crippen LogP contribution >= 0.6 is 31.9 Å². The van der Waals surface area contributed by atoms with E-state index in [2.05, 4.69) is 49.3 Å². The third-order valence-corrected chi connectivity index (χ3v) is 6.38. The predicted molar refractivity (Wildman–Crippen MR) is 152 cm³/mol. The Kier molecular flexibility index (Phi) is 8.66. The number of hydrogen-bond donors (Lipinski definition) is 1. The van der Waals surface area contributed by atoms with Crippen molar-refractivity contribution >= 4 is 60.5 Å². The summed E-state index contributed by atoms with van der Waals surface area (Å²) < 4.78 is 7.61. The Balaban J connectivity index is 1.62. The lowest BCUT2D eigenvalue weighted by Gasteiger charge is -2.10. The standard InChI is InChI=1S/C28H26Br2N4O/c1-3-4-15-35-23-12-9-20(10-13-23)18-31-34-28(33-27-19(2)16-22(29)17-24(27)30)26-14-11-21-7-5-6-8-25(21)32-26/h5-14,16-18H,3-4,15H2,1-2H3,(H,33,34). The molecule has 5 nitrogen and oxygen atoms in total. The van der Waals surface area contributed by atoms with E-state index in [0.29, 0.717) is 11.5 Å². The zero-order valence-electron chi connectivity index (χ0n) is 19.6. The summed E-state index contributed by atoms with van der Waals surface area (Å²) in [5, 5.41) is 5.54. The molecule has 178 valence electrons. The Hall–Kier alpha value is -3.03. The smallest absolute Gasteiger partial charge is 0.173 e. The van der Waals surface area contributed by atoms with Gasteiger partial charge in [0.25, 0.3) is 0 Å². The lowest BCUT2D eigenvalue weighted by atomic mass is 10.2. The minimum absolute atomic E-state index is 0.553. The number of unbranched alkanes of at least 4 members (excludes halogenated alkanes) is 1. The molecule has 4 rings (SSSR count). The maximum atomic E-state index is 5.74. The number of amidine groups is 1. The van der Waals surface area contributed by atoms with Crippen LogP contribution in [0.1, 0.15) is 36.6 Å². The zero-order chi connectivity index (χ0) is 24.6. The molecule has 0 saturated heterocycles. The molecule has 35 heavy (non-hydrogen) atoms. The third kappa shape index (κ3) is 6.77. The van der Waals surface area contributed by atoms with Crippen LogP contribution < -0.4 is 10.2 Å². The van der Waals surface area contributed by atoms with Gasteiger partial charge in [0.15, 0.2) is 5.84 Å². The number of para-hydroxylation sites is 1. The molecule has 1 N–H and O–H groups in total. The van der Waals surface area contributed by atoms with Crippen LogP contribution in [0, 0.1) is 6.92 Å². The fourth-order valence-electron chi connectivity index (χ4n) is 3.44. The van der Waals surface area contributed by atoms with Crippen molar-refractivity contribution in [1.82, 2.24) is 10.4 Å². The van der Waals surface area contributed by atoms with Crippen molar-refractivity contribution < 1.29 is 4.74 Å². The van der Waals surface area contributed by atoms with Crippen molar-refractivity contribution in [3.63, 3.8) is 0 Å². The van der Waals surface area contributed by atoms with Gasteiger partial charge in [0.05, 0.1) is 24.0 Å². The van der Waals surface area contributed by atoms with Crippen LogP contribution in [-0.4, -0.2) is 23.6 Å². The maximum Gasteiger partial charge on any atom is 0.173 e. The van der Waals surface area contributed by atoms with Gasteiger partial charge in [-0.3, -0.25) is 5.43 Å². The van der Waals surface area contributed by atoms with E-state index in [1.54, 1.807) is 6.21 Å². The molecule has 0 fully saturated rings. The minimum atomic E-state index is 0.553. The molecule has 0 bridgehead atoms. The molecule has 0 atom stereocenters. The first kappa shape index (κ1) is 25.1. The first-order valence-electron chi connectivity index (χ1n) is 11.5. The molecule has 0 aliphatic rings. The van der Waals surface area contributed by atoms with Gasteiger partial charge in [0, 0.05) is 14.3 Å². The highest BCUT2D eigenvalue weighted by Crippen LogP contribution is 2.33. The van der Waals surface area contributed by atoms with Gasteiger partial charge in [0.1, 0.15) is 11.4 Å². The summed E-state index contributed by atoms with van der Waals surface area (Å²) in [6, 6.07) is 23.9. The van der Waals surface area contributed by atoms with Crippen molar-refractivity contribution in [1.29, 1.82) is 0 Å². The highest BCUT2D eigenvalue weighted by Gasteiger charge is 2.11. The molecular weight excluding hydrogens is 568 g/mol. The van der Waals surface area contributed by atoms with Gasteiger partial charge in [-0.15, -0.1) is 0 Å². The van der Waals surface area contributed by atoms with Crippen LogP contribution in [-0.2, 0) is 0 Å². The Bertz CT molecular complexity index is 1340. The molecule has 0 radical (unpaired) electrons. The van der Waals surface area contributed by atoms with Crippen LogP contribution in [0.25, 0.3) is 10.9 Å². The topological polar surface area (TPSA) is 58.9 Å². The van der Waals surface area contributed by atoms with E-state index >= 15 is 0 Å². The quantitative estimate of drug-likeness (QED) is 0.0976. The summed E-state index contributed by atoms with van der Waals surface area (Å²) in [7, 11) is 0. The van der Waals surface area contributed by atoms with Gasteiger partial charge < -0.3 is 4.74 Å². The molecule has 0 aliphatic heterocycles. The fraction of sp³-hybridized carbons (Fsp3) is 0.179. The number of nitrogens with zero attached hydrogens (tertiary/aromatic N) is 3. The number of aromatic nitrogens is 1. The summed E-state index contributed by atoms with van der Waals surface area (Å²) in [4.78, 5) is 9.72. The van der Waals surface area contributed by atoms with E-state index in [0.717, 1.165) is 61.9 Å². The van der Waals surface area contributed by atoms with Crippen molar-refractivity contribution in [2.24, 2.45) is 10.1 Å². The first-order chi connectivity index (χ1) is 17.0. The van der Waals surface area contributed by atoms with Crippen LogP contribution in [0.2, 0.25) is 0 Å². The molecule has 7 heteroatoms. The second-order valence-corrected chi connectivity index (χ2v) is 9.81. The Morgan fingerprint density at radius 2 is 1.83 bits per heavy atom. The maximum absolute atomic E-state index is 5.74. The molecule has 1 heterocycles.